The summed E-state index contributed by atoms with van der Waals surface area (Å²) in [5.41, 5.74) is 3.78. The van der Waals surface area contributed by atoms with Crippen LogP contribution in [0.1, 0.15) is 68.6 Å². The topological polar surface area (TPSA) is 74.3 Å². The molecule has 0 saturated heterocycles. The summed E-state index contributed by atoms with van der Waals surface area (Å²) in [6.07, 6.45) is 2.68. The van der Waals surface area contributed by atoms with Gasteiger partial charge in [0.05, 0.1) is 7.11 Å². The van der Waals surface area contributed by atoms with Crippen LogP contribution in [-0.4, -0.2) is 29.7 Å². The number of amides is 1. The normalized spacial score (nSPS) is 12.2. The minimum Gasteiger partial charge on any atom is -0.507 e. The molecule has 0 atom stereocenters. The predicted octanol–water partition coefficient (Wildman–Crippen LogP) is 5.45. The maximum Gasteiger partial charge on any atom is 0.251 e. The minimum absolute atomic E-state index is 0.131. The molecule has 3 aromatic rings. The van der Waals surface area contributed by atoms with Crippen LogP contribution in [0.25, 0.3) is 10.9 Å². The lowest BCUT2D eigenvalue weighted by Crippen LogP contribution is -2.27. The van der Waals surface area contributed by atoms with Crippen LogP contribution in [0.4, 0.5) is 0 Å². The van der Waals surface area contributed by atoms with Gasteiger partial charge in [-0.25, -0.2) is 0 Å². The SMILES string of the molecule is COc1ccc2[nH]cc(CCNC(=O)c3cc(C(C)(C)C)c(O)c(C(C)(C)C)c3)c2c1. The standard InChI is InChI=1S/C26H34N2O3/c1-25(2,3)20-12-17(13-21(23(20)29)26(4,5)6)24(30)27-11-10-16-15-28-22-9-8-18(31-7)14-19(16)22/h8-9,12-15,28-29H,10-11H2,1-7H3,(H,27,30). The number of H-pyrrole nitrogens is 1. The van der Waals surface area contributed by atoms with E-state index in [1.165, 1.54) is 0 Å². The highest BCUT2D eigenvalue weighted by Crippen LogP contribution is 2.39. The molecular formula is C26H34N2O3. The number of aromatic nitrogens is 1. The first-order chi connectivity index (χ1) is 14.4. The summed E-state index contributed by atoms with van der Waals surface area (Å²) in [5, 5.41) is 15.0. The van der Waals surface area contributed by atoms with Crippen molar-refractivity contribution in [3.05, 3.63) is 58.8 Å². The number of aromatic hydroxyl groups is 1. The number of phenolic OH excluding ortho intramolecular Hbond substituents is 1. The zero-order valence-electron chi connectivity index (χ0n) is 19.6. The highest BCUT2D eigenvalue weighted by molar-refractivity contribution is 5.95. The first-order valence-corrected chi connectivity index (χ1v) is 10.7. The molecule has 0 aliphatic carbocycles. The molecule has 5 nitrogen and oxygen atoms in total. The van der Waals surface area contributed by atoms with Crippen LogP contribution < -0.4 is 10.1 Å². The molecule has 0 fully saturated rings. The van der Waals surface area contributed by atoms with E-state index in [4.69, 9.17) is 4.74 Å². The quantitative estimate of drug-likeness (QED) is 0.512. The highest BCUT2D eigenvalue weighted by atomic mass is 16.5. The van der Waals surface area contributed by atoms with Gasteiger partial charge in [0.15, 0.2) is 0 Å². The van der Waals surface area contributed by atoms with Crippen molar-refractivity contribution in [2.24, 2.45) is 0 Å². The number of hydrogen-bond acceptors (Lipinski definition) is 3. The number of ether oxygens (including phenoxy) is 1. The molecule has 1 heterocycles. The van der Waals surface area contributed by atoms with Crippen molar-refractivity contribution in [2.75, 3.05) is 13.7 Å². The average molecular weight is 423 g/mol. The van der Waals surface area contributed by atoms with E-state index in [0.717, 1.165) is 33.3 Å². The third kappa shape index (κ3) is 4.87. The van der Waals surface area contributed by atoms with E-state index in [-0.39, 0.29) is 22.5 Å². The third-order valence-corrected chi connectivity index (χ3v) is 5.64. The van der Waals surface area contributed by atoms with E-state index in [9.17, 15) is 9.90 Å². The molecule has 2 aromatic carbocycles. The molecule has 31 heavy (non-hydrogen) atoms. The Morgan fingerprint density at radius 3 is 2.19 bits per heavy atom. The van der Waals surface area contributed by atoms with Gasteiger partial charge in [0, 0.05) is 40.3 Å². The van der Waals surface area contributed by atoms with Gasteiger partial charge in [-0.15, -0.1) is 0 Å². The molecule has 0 unspecified atom stereocenters. The number of aromatic amines is 1. The van der Waals surface area contributed by atoms with E-state index >= 15 is 0 Å². The Balaban J connectivity index is 1.81. The van der Waals surface area contributed by atoms with Gasteiger partial charge in [-0.3, -0.25) is 4.79 Å². The molecule has 3 N–H and O–H groups in total. The van der Waals surface area contributed by atoms with Crippen molar-refractivity contribution < 1.29 is 14.6 Å². The van der Waals surface area contributed by atoms with Gasteiger partial charge in [0.25, 0.3) is 5.91 Å². The lowest BCUT2D eigenvalue weighted by molar-refractivity contribution is 0.0954. The van der Waals surface area contributed by atoms with Crippen molar-refractivity contribution in [3.63, 3.8) is 0 Å². The van der Waals surface area contributed by atoms with Crippen molar-refractivity contribution in [3.8, 4) is 11.5 Å². The molecule has 1 amide bonds. The van der Waals surface area contributed by atoms with E-state index < -0.39 is 0 Å². The van der Waals surface area contributed by atoms with Gasteiger partial charge in [-0.2, -0.15) is 0 Å². The summed E-state index contributed by atoms with van der Waals surface area (Å²) in [4.78, 5) is 16.3. The number of fused-ring (bicyclic) bond motifs is 1. The number of rotatable bonds is 5. The molecule has 166 valence electrons. The molecular weight excluding hydrogens is 388 g/mol. The van der Waals surface area contributed by atoms with Crippen LogP contribution in [0.15, 0.2) is 36.5 Å². The number of carbonyl (C=O) groups excluding carboxylic acids is 1. The van der Waals surface area contributed by atoms with Crippen LogP contribution in [0, 0.1) is 0 Å². The number of benzene rings is 2. The number of methoxy groups -OCH3 is 1. The summed E-state index contributed by atoms with van der Waals surface area (Å²) in [6.45, 7) is 12.8. The van der Waals surface area contributed by atoms with Gasteiger partial charge < -0.3 is 20.1 Å². The third-order valence-electron chi connectivity index (χ3n) is 5.64. The second kappa shape index (κ2) is 8.29. The molecule has 0 bridgehead atoms. The van der Waals surface area contributed by atoms with E-state index in [2.05, 4.69) is 10.3 Å². The first-order valence-electron chi connectivity index (χ1n) is 10.7. The molecule has 0 radical (unpaired) electrons. The van der Waals surface area contributed by atoms with Gasteiger partial charge in [0.1, 0.15) is 11.5 Å². The summed E-state index contributed by atoms with van der Waals surface area (Å²) in [6, 6.07) is 9.56. The van der Waals surface area contributed by atoms with Crippen LogP contribution in [-0.2, 0) is 17.3 Å². The van der Waals surface area contributed by atoms with Crippen molar-refractivity contribution in [1.29, 1.82) is 0 Å². The number of hydrogen-bond donors (Lipinski definition) is 3. The molecule has 1 aromatic heterocycles. The minimum atomic E-state index is -0.274. The summed E-state index contributed by atoms with van der Waals surface area (Å²) in [5.74, 6) is 0.962. The molecule has 3 rings (SSSR count). The second-order valence-electron chi connectivity index (χ2n) is 10.2. The maximum atomic E-state index is 13.0. The van der Waals surface area contributed by atoms with Crippen molar-refractivity contribution >= 4 is 16.8 Å². The molecule has 0 aliphatic heterocycles. The molecule has 5 heteroatoms. The Bertz CT molecular complexity index is 1060. The van der Waals surface area contributed by atoms with Gasteiger partial charge >= 0.3 is 0 Å². The number of phenols is 1. The Kier molecular flexibility index (Phi) is 6.08. The lowest BCUT2D eigenvalue weighted by Gasteiger charge is -2.28. The Morgan fingerprint density at radius 2 is 1.65 bits per heavy atom. The number of nitrogens with one attached hydrogen (secondary N) is 2. The summed E-state index contributed by atoms with van der Waals surface area (Å²) < 4.78 is 5.33. The molecule has 0 spiro atoms. The van der Waals surface area contributed by atoms with Crippen LogP contribution >= 0.6 is 0 Å². The van der Waals surface area contributed by atoms with Crippen LogP contribution in [0.2, 0.25) is 0 Å². The van der Waals surface area contributed by atoms with Gasteiger partial charge in [-0.05, 0) is 53.1 Å². The summed E-state index contributed by atoms with van der Waals surface area (Å²) >= 11 is 0. The van der Waals surface area contributed by atoms with Gasteiger partial charge in [-0.1, -0.05) is 41.5 Å². The zero-order valence-corrected chi connectivity index (χ0v) is 19.6. The van der Waals surface area contributed by atoms with Gasteiger partial charge in [0.2, 0.25) is 0 Å². The Labute approximate surface area is 184 Å². The zero-order chi connectivity index (χ0) is 23.0. The maximum absolute atomic E-state index is 13.0. The molecule has 0 saturated carbocycles. The largest absolute Gasteiger partial charge is 0.507 e. The van der Waals surface area contributed by atoms with Crippen LogP contribution in [0.5, 0.6) is 11.5 Å². The van der Waals surface area contributed by atoms with E-state index in [0.29, 0.717) is 18.5 Å². The average Bonchev–Trinajstić information content (AvgIpc) is 3.08. The van der Waals surface area contributed by atoms with Crippen LogP contribution in [0.3, 0.4) is 0 Å². The summed E-state index contributed by atoms with van der Waals surface area (Å²) in [7, 11) is 1.66. The van der Waals surface area contributed by atoms with Crippen molar-refractivity contribution in [1.82, 2.24) is 10.3 Å². The monoisotopic (exact) mass is 422 g/mol. The Morgan fingerprint density at radius 1 is 1.03 bits per heavy atom. The first kappa shape index (κ1) is 22.7. The van der Waals surface area contributed by atoms with E-state index in [1.54, 1.807) is 7.11 Å². The predicted molar refractivity (Wildman–Crippen MR) is 126 cm³/mol. The van der Waals surface area contributed by atoms with E-state index in [1.807, 2.05) is 78.1 Å². The second-order valence-corrected chi connectivity index (χ2v) is 10.2. The van der Waals surface area contributed by atoms with Crippen molar-refractivity contribution in [2.45, 2.75) is 58.8 Å². The fourth-order valence-electron chi connectivity index (χ4n) is 3.81. The fourth-order valence-corrected chi connectivity index (χ4v) is 3.81. The Hall–Kier alpha value is -2.95. The number of carbonyl (C=O) groups is 1. The molecule has 0 aliphatic rings. The highest BCUT2D eigenvalue weighted by Gasteiger charge is 2.27. The smallest absolute Gasteiger partial charge is 0.251 e. The lowest BCUT2D eigenvalue weighted by atomic mass is 9.78. The fraction of sp³-hybridized carbons (Fsp3) is 0.423.